The first-order valence-corrected chi connectivity index (χ1v) is 17.8. The zero-order valence-corrected chi connectivity index (χ0v) is 27.3. The largest absolute Gasteiger partial charge is 0.391 e. The molecule has 2 heterocycles. The monoisotopic (exact) mass is 662 g/mol. The fourth-order valence-electron chi connectivity index (χ4n) is 9.16. The number of carbonyl (C=O) groups is 3. The van der Waals surface area contributed by atoms with Crippen molar-refractivity contribution in [3.8, 4) is 0 Å². The van der Waals surface area contributed by atoms with Crippen molar-refractivity contribution in [1.82, 2.24) is 20.4 Å². The average Bonchev–Trinajstić information content (AvgIpc) is 3.61. The third kappa shape index (κ3) is 6.39. The van der Waals surface area contributed by atoms with E-state index in [9.17, 15) is 24.6 Å². The maximum absolute atomic E-state index is 14.1. The normalized spacial score (nSPS) is 39.4. The molecule has 5 saturated carbocycles. The number of likely N-dealkylation sites (N-methyl/N-ethyl adjacent to an activating group) is 1. The number of hydrogen-bond donors (Lipinski definition) is 4. The van der Waals surface area contributed by atoms with E-state index in [-0.39, 0.29) is 30.7 Å². The minimum atomic E-state index is -0.802. The van der Waals surface area contributed by atoms with Gasteiger partial charge in [0, 0.05) is 48.8 Å². The fourth-order valence-corrected chi connectivity index (χ4v) is 9.92. The third-order valence-corrected chi connectivity index (χ3v) is 13.2. The SMILES string of the molecule is CN(CC1CCCCC1Br)C(=O)C(CC1=CNC2CCCCC12)NC(=O)C1C[C@@H](O)CN1C(=O)C12CCC(O)(CC1)CC2. The summed E-state index contributed by atoms with van der Waals surface area (Å²) in [5.41, 5.74) is -0.0235. The van der Waals surface area contributed by atoms with E-state index < -0.39 is 29.2 Å². The number of amides is 3. The Bertz CT molecular complexity index is 1090. The number of aliphatic hydroxyl groups is 2. The maximum Gasteiger partial charge on any atom is 0.245 e. The molecule has 0 spiro atoms. The number of halogens is 1. The van der Waals surface area contributed by atoms with Crippen LogP contribution in [0.1, 0.15) is 103 Å². The highest BCUT2D eigenvalue weighted by Gasteiger charge is 2.55. The van der Waals surface area contributed by atoms with Crippen LogP contribution in [-0.4, -0.2) is 92.5 Å². The number of aliphatic hydroxyl groups excluding tert-OH is 1. The van der Waals surface area contributed by atoms with E-state index in [0.29, 0.717) is 74.2 Å². The van der Waals surface area contributed by atoms with Crippen molar-refractivity contribution in [1.29, 1.82) is 0 Å². The van der Waals surface area contributed by atoms with E-state index in [1.54, 1.807) is 9.80 Å². The molecule has 5 aliphatic carbocycles. The van der Waals surface area contributed by atoms with Crippen LogP contribution in [0.15, 0.2) is 11.8 Å². The Kier molecular flexibility index (Phi) is 9.20. The zero-order valence-electron chi connectivity index (χ0n) is 25.7. The molecule has 2 aliphatic heterocycles. The average molecular weight is 664 g/mol. The lowest BCUT2D eigenvalue weighted by Gasteiger charge is -2.51. The lowest BCUT2D eigenvalue weighted by Crippen LogP contribution is -2.58. The smallest absolute Gasteiger partial charge is 0.245 e. The van der Waals surface area contributed by atoms with Crippen LogP contribution in [0.2, 0.25) is 0 Å². The van der Waals surface area contributed by atoms with Gasteiger partial charge in [-0.1, -0.05) is 41.6 Å². The molecular formula is C33H51BrN4O5. The molecule has 0 aromatic carbocycles. The number of nitrogens with zero attached hydrogens (tertiary/aromatic N) is 2. The van der Waals surface area contributed by atoms with Gasteiger partial charge in [0.15, 0.2) is 0 Å². The molecule has 10 heteroatoms. The summed E-state index contributed by atoms with van der Waals surface area (Å²) in [6.45, 7) is 0.778. The van der Waals surface area contributed by atoms with E-state index >= 15 is 0 Å². The summed E-state index contributed by atoms with van der Waals surface area (Å²) >= 11 is 3.84. The fraction of sp³-hybridized carbons (Fsp3) is 0.848. The Morgan fingerprint density at radius 3 is 2.47 bits per heavy atom. The molecule has 43 heavy (non-hydrogen) atoms. The summed E-state index contributed by atoms with van der Waals surface area (Å²) in [7, 11) is 1.85. The lowest BCUT2D eigenvalue weighted by molar-refractivity contribution is -0.161. The molecule has 3 amide bonds. The van der Waals surface area contributed by atoms with Gasteiger partial charge in [-0.15, -0.1) is 0 Å². The number of hydrogen-bond acceptors (Lipinski definition) is 6. The molecule has 2 bridgehead atoms. The zero-order chi connectivity index (χ0) is 30.4. The van der Waals surface area contributed by atoms with Crippen LogP contribution >= 0.6 is 15.9 Å². The van der Waals surface area contributed by atoms with Gasteiger partial charge in [-0.25, -0.2) is 0 Å². The molecule has 240 valence electrons. The highest BCUT2D eigenvalue weighted by atomic mass is 79.9. The number of alkyl halides is 1. The van der Waals surface area contributed by atoms with E-state index in [1.807, 2.05) is 7.05 Å². The van der Waals surface area contributed by atoms with Crippen molar-refractivity contribution in [3.05, 3.63) is 11.8 Å². The van der Waals surface area contributed by atoms with Gasteiger partial charge in [-0.2, -0.15) is 0 Å². The molecule has 4 N–H and O–H groups in total. The second-order valence-electron chi connectivity index (χ2n) is 14.8. The van der Waals surface area contributed by atoms with Gasteiger partial charge in [-0.3, -0.25) is 14.4 Å². The van der Waals surface area contributed by atoms with E-state index in [2.05, 4.69) is 32.8 Å². The molecule has 1 saturated heterocycles. The van der Waals surface area contributed by atoms with Crippen LogP contribution < -0.4 is 10.6 Å². The molecule has 0 radical (unpaired) electrons. The molecule has 6 unspecified atom stereocenters. The van der Waals surface area contributed by atoms with Gasteiger partial charge in [-0.05, 0) is 88.3 Å². The van der Waals surface area contributed by atoms with Gasteiger partial charge < -0.3 is 30.6 Å². The first-order chi connectivity index (χ1) is 20.6. The van der Waals surface area contributed by atoms with Crippen molar-refractivity contribution < 1.29 is 24.6 Å². The van der Waals surface area contributed by atoms with Crippen molar-refractivity contribution in [3.63, 3.8) is 0 Å². The third-order valence-electron chi connectivity index (χ3n) is 12.0. The van der Waals surface area contributed by atoms with Crippen LogP contribution in [0.5, 0.6) is 0 Å². The molecule has 6 fully saturated rings. The Labute approximate surface area is 264 Å². The van der Waals surface area contributed by atoms with Crippen molar-refractivity contribution >= 4 is 33.7 Å². The number of nitrogens with one attached hydrogen (secondary N) is 2. The van der Waals surface area contributed by atoms with Gasteiger partial charge in [0.2, 0.25) is 17.7 Å². The van der Waals surface area contributed by atoms with Gasteiger partial charge >= 0.3 is 0 Å². The van der Waals surface area contributed by atoms with Crippen LogP contribution in [0, 0.1) is 17.3 Å². The molecule has 7 aliphatic rings. The maximum atomic E-state index is 14.1. The summed E-state index contributed by atoms with van der Waals surface area (Å²) in [6, 6.07) is -1.12. The van der Waals surface area contributed by atoms with Gasteiger partial charge in [0.25, 0.3) is 0 Å². The van der Waals surface area contributed by atoms with Crippen LogP contribution in [0.3, 0.4) is 0 Å². The van der Waals surface area contributed by atoms with Gasteiger partial charge in [0.1, 0.15) is 12.1 Å². The number of β-amino-alcohol motifs (C(OH)–C–C–N with tert-alkyl or cyclic N) is 1. The number of fused-ring (bicyclic) bond motifs is 4. The molecule has 0 aromatic rings. The Morgan fingerprint density at radius 1 is 1.07 bits per heavy atom. The van der Waals surface area contributed by atoms with Crippen LogP contribution in [0.4, 0.5) is 0 Å². The predicted octanol–water partition coefficient (Wildman–Crippen LogP) is 3.37. The summed E-state index contributed by atoms with van der Waals surface area (Å²) in [4.78, 5) is 45.9. The lowest BCUT2D eigenvalue weighted by atomic mass is 9.58. The van der Waals surface area contributed by atoms with Crippen molar-refractivity contribution in [2.24, 2.45) is 17.3 Å². The minimum Gasteiger partial charge on any atom is -0.391 e. The quantitative estimate of drug-likeness (QED) is 0.296. The first-order valence-electron chi connectivity index (χ1n) is 16.9. The second-order valence-corrected chi connectivity index (χ2v) is 16.0. The van der Waals surface area contributed by atoms with E-state index in [1.165, 1.54) is 31.3 Å². The van der Waals surface area contributed by atoms with Crippen molar-refractivity contribution in [2.75, 3.05) is 20.1 Å². The Hall–Kier alpha value is -1.65. The van der Waals surface area contributed by atoms with Gasteiger partial charge in [0.05, 0.1) is 11.7 Å². The first kappa shape index (κ1) is 31.3. The summed E-state index contributed by atoms with van der Waals surface area (Å²) in [5.74, 6) is 0.263. The van der Waals surface area contributed by atoms with Crippen molar-refractivity contribution in [2.45, 2.75) is 137 Å². The summed E-state index contributed by atoms with van der Waals surface area (Å²) in [5, 5.41) is 28.0. The highest BCUT2D eigenvalue weighted by Crippen LogP contribution is 2.53. The molecular weight excluding hydrogens is 612 g/mol. The summed E-state index contributed by atoms with van der Waals surface area (Å²) in [6.07, 6.45) is 14.8. The van der Waals surface area contributed by atoms with Crippen LogP contribution in [-0.2, 0) is 14.4 Å². The topological polar surface area (TPSA) is 122 Å². The molecule has 9 nitrogen and oxygen atoms in total. The molecule has 7 atom stereocenters. The highest BCUT2D eigenvalue weighted by molar-refractivity contribution is 9.09. The number of carbonyl (C=O) groups excluding carboxylic acids is 3. The number of rotatable bonds is 8. The molecule has 7 rings (SSSR count). The summed E-state index contributed by atoms with van der Waals surface area (Å²) < 4.78 is 0. The predicted molar refractivity (Wildman–Crippen MR) is 167 cm³/mol. The molecule has 0 aromatic heterocycles. The van der Waals surface area contributed by atoms with E-state index in [0.717, 1.165) is 25.7 Å². The Morgan fingerprint density at radius 2 is 1.74 bits per heavy atom. The second kappa shape index (κ2) is 12.6. The van der Waals surface area contributed by atoms with Crippen LogP contribution in [0.25, 0.3) is 0 Å². The Balaban J connectivity index is 1.18. The number of likely N-dealkylation sites (tertiary alicyclic amines) is 1. The standard InChI is InChI=1S/C33H51BrN4O5/c1-37(19-21-6-2-4-8-25(21)34)30(41)27(16-22-18-35-26-9-5-3-7-24(22)26)36-29(40)28-17-23(39)20-38(28)31(42)32-10-13-33(43,14-11-32)15-12-32/h18,21,23-28,35,39,43H,2-17,19-20H2,1H3,(H,36,40)/t21?,23-,24?,25?,26?,27?,28?,32?,33?/m1/s1. The minimum absolute atomic E-state index is 0.0700. The van der Waals surface area contributed by atoms with E-state index in [4.69, 9.17) is 0 Å².